The predicted molar refractivity (Wildman–Crippen MR) is 124 cm³/mol. The summed E-state index contributed by atoms with van der Waals surface area (Å²) >= 11 is 0. The minimum absolute atomic E-state index is 0.213. The average molecular weight is 404 g/mol. The average Bonchev–Trinajstić information content (AvgIpc) is 3.25. The molecule has 1 N–H and O–H groups in total. The van der Waals surface area contributed by atoms with Crippen LogP contribution < -0.4 is 0 Å². The van der Waals surface area contributed by atoms with Crippen molar-refractivity contribution in [1.29, 1.82) is 0 Å². The van der Waals surface area contributed by atoms with Crippen molar-refractivity contribution >= 4 is 12.2 Å². The van der Waals surface area contributed by atoms with Crippen LogP contribution in [0.1, 0.15) is 65.5 Å². The number of allylic oxidation sites excluding steroid dienone is 2. The summed E-state index contributed by atoms with van der Waals surface area (Å²) in [5, 5.41) is 9.60. The molecule has 3 heteroatoms. The highest BCUT2D eigenvalue weighted by atomic mass is 16.4. The van der Waals surface area contributed by atoms with Crippen LogP contribution in [-0.4, -0.2) is 17.3 Å². The van der Waals surface area contributed by atoms with E-state index in [2.05, 4.69) is 68.2 Å². The van der Waals surface area contributed by atoms with E-state index in [0.717, 1.165) is 30.5 Å². The van der Waals surface area contributed by atoms with Gasteiger partial charge in [0.05, 0.1) is 5.92 Å². The molecule has 2 aromatic carbocycles. The van der Waals surface area contributed by atoms with Crippen molar-refractivity contribution in [2.75, 3.05) is 0 Å². The molecule has 30 heavy (non-hydrogen) atoms. The fourth-order valence-corrected chi connectivity index (χ4v) is 4.38. The van der Waals surface area contributed by atoms with Crippen molar-refractivity contribution < 1.29 is 9.90 Å². The molecule has 0 spiro atoms. The van der Waals surface area contributed by atoms with Gasteiger partial charge in [-0.15, -0.1) is 0 Å². The predicted octanol–water partition coefficient (Wildman–Crippen LogP) is 6.34. The second kappa shape index (κ2) is 9.88. The first-order valence-corrected chi connectivity index (χ1v) is 11.0. The summed E-state index contributed by atoms with van der Waals surface area (Å²) in [5.74, 6) is -0.800. The number of benzene rings is 2. The molecule has 2 unspecified atom stereocenters. The molecule has 2 aromatic rings. The molecule has 0 fully saturated rings. The normalized spacial score (nSPS) is 15.1. The number of aliphatic imine (C=N–C) groups is 1. The van der Waals surface area contributed by atoms with Gasteiger partial charge in [0.2, 0.25) is 0 Å². The summed E-state index contributed by atoms with van der Waals surface area (Å²) in [5.41, 5.74) is 8.65. The Hall–Kier alpha value is -2.68. The zero-order chi connectivity index (χ0) is 21.7. The summed E-state index contributed by atoms with van der Waals surface area (Å²) in [4.78, 5) is 16.3. The minimum atomic E-state index is -0.694. The van der Waals surface area contributed by atoms with Gasteiger partial charge in [-0.1, -0.05) is 55.8 Å². The fourth-order valence-electron chi connectivity index (χ4n) is 4.38. The molecule has 2 atom stereocenters. The topological polar surface area (TPSA) is 49.7 Å². The summed E-state index contributed by atoms with van der Waals surface area (Å²) in [6, 6.07) is 13.1. The molecule has 0 bridgehead atoms. The highest BCUT2D eigenvalue weighted by molar-refractivity contribution is 5.70. The lowest BCUT2D eigenvalue weighted by atomic mass is 9.84. The van der Waals surface area contributed by atoms with Gasteiger partial charge in [-0.25, -0.2) is 0 Å². The van der Waals surface area contributed by atoms with E-state index in [4.69, 9.17) is 0 Å². The molecule has 0 aliphatic carbocycles. The van der Waals surface area contributed by atoms with Gasteiger partial charge >= 0.3 is 5.97 Å². The zero-order valence-corrected chi connectivity index (χ0v) is 18.6. The molecular formula is C27H33NO2. The van der Waals surface area contributed by atoms with Crippen molar-refractivity contribution in [2.45, 2.75) is 65.7 Å². The van der Waals surface area contributed by atoms with Gasteiger partial charge in [-0.05, 0) is 73.4 Å². The molecule has 0 radical (unpaired) electrons. The molecule has 158 valence electrons. The minimum Gasteiger partial charge on any atom is -0.481 e. The summed E-state index contributed by atoms with van der Waals surface area (Å²) in [7, 11) is 0. The number of hydrogen-bond donors (Lipinski definition) is 1. The van der Waals surface area contributed by atoms with E-state index in [1.165, 1.54) is 27.8 Å². The SMILES string of the molecule is CCCC(Cc1cc(CC(C2=CCC=N2)c2cccc(C)c2C)ccc1C)C(=O)O. The molecule has 1 heterocycles. The van der Waals surface area contributed by atoms with Gasteiger partial charge in [0.1, 0.15) is 0 Å². The highest BCUT2D eigenvalue weighted by Crippen LogP contribution is 2.34. The second-order valence-corrected chi connectivity index (χ2v) is 8.51. The number of aliphatic carboxylic acids is 1. The van der Waals surface area contributed by atoms with Crippen molar-refractivity contribution in [3.63, 3.8) is 0 Å². The van der Waals surface area contributed by atoms with Gasteiger partial charge in [0.15, 0.2) is 0 Å². The van der Waals surface area contributed by atoms with E-state index in [-0.39, 0.29) is 11.8 Å². The fraction of sp³-hybridized carbons (Fsp3) is 0.407. The Morgan fingerprint density at radius 1 is 1.10 bits per heavy atom. The number of carboxylic acid groups (broad SMARTS) is 1. The number of hydrogen-bond acceptors (Lipinski definition) is 2. The number of carboxylic acids is 1. The van der Waals surface area contributed by atoms with Crippen LogP contribution in [-0.2, 0) is 17.6 Å². The van der Waals surface area contributed by atoms with E-state index in [1.54, 1.807) is 0 Å². The first kappa shape index (κ1) is 22.0. The number of nitrogens with zero attached hydrogens (tertiary/aromatic N) is 1. The van der Waals surface area contributed by atoms with Crippen LogP contribution in [0.4, 0.5) is 0 Å². The van der Waals surface area contributed by atoms with Gasteiger partial charge in [-0.3, -0.25) is 9.79 Å². The van der Waals surface area contributed by atoms with Crippen LogP contribution >= 0.6 is 0 Å². The van der Waals surface area contributed by atoms with Crippen molar-refractivity contribution in [3.8, 4) is 0 Å². The van der Waals surface area contributed by atoms with Gasteiger partial charge in [0, 0.05) is 24.3 Å². The maximum Gasteiger partial charge on any atom is 0.306 e. The third kappa shape index (κ3) is 5.08. The summed E-state index contributed by atoms with van der Waals surface area (Å²) in [6.45, 7) is 8.48. The van der Waals surface area contributed by atoms with Crippen molar-refractivity contribution in [2.24, 2.45) is 10.9 Å². The van der Waals surface area contributed by atoms with E-state index in [0.29, 0.717) is 12.8 Å². The first-order chi connectivity index (χ1) is 14.4. The standard InChI is InChI=1S/C27H33NO2/c1-5-8-22(27(29)30)17-23-15-21(13-12-19(23)3)16-25(26-11-7-14-28-26)24-10-6-9-18(2)20(24)4/h6,9-15,22,25H,5,7-8,16-17H2,1-4H3,(H,29,30). The Kier molecular flexibility index (Phi) is 7.25. The quantitative estimate of drug-likeness (QED) is 0.531. The number of aryl methyl sites for hydroxylation is 2. The van der Waals surface area contributed by atoms with Crippen molar-refractivity contribution in [1.82, 2.24) is 0 Å². The van der Waals surface area contributed by atoms with Crippen molar-refractivity contribution in [3.05, 3.63) is 81.6 Å². The Labute approximate surface area is 180 Å². The highest BCUT2D eigenvalue weighted by Gasteiger charge is 2.22. The Bertz CT molecular complexity index is 971. The maximum absolute atomic E-state index is 11.7. The molecule has 3 nitrogen and oxygen atoms in total. The van der Waals surface area contributed by atoms with Crippen LogP contribution in [0, 0.1) is 26.7 Å². The van der Waals surface area contributed by atoms with E-state index in [1.807, 2.05) is 13.1 Å². The van der Waals surface area contributed by atoms with E-state index in [9.17, 15) is 9.90 Å². The van der Waals surface area contributed by atoms with Gasteiger partial charge in [-0.2, -0.15) is 0 Å². The summed E-state index contributed by atoms with van der Waals surface area (Å²) in [6.07, 6.45) is 8.17. The molecule has 0 amide bonds. The molecule has 1 aliphatic heterocycles. The summed E-state index contributed by atoms with van der Waals surface area (Å²) < 4.78 is 0. The lowest BCUT2D eigenvalue weighted by Gasteiger charge is -2.22. The molecule has 1 aliphatic rings. The third-order valence-corrected chi connectivity index (χ3v) is 6.36. The zero-order valence-electron chi connectivity index (χ0n) is 18.6. The molecule has 0 saturated carbocycles. The molecule has 0 saturated heterocycles. The van der Waals surface area contributed by atoms with Crippen LogP contribution in [0.15, 0.2) is 53.2 Å². The number of rotatable bonds is 9. The van der Waals surface area contributed by atoms with Crippen LogP contribution in [0.3, 0.4) is 0 Å². The maximum atomic E-state index is 11.7. The lowest BCUT2D eigenvalue weighted by Crippen LogP contribution is -2.17. The lowest BCUT2D eigenvalue weighted by molar-refractivity contribution is -0.141. The monoisotopic (exact) mass is 403 g/mol. The first-order valence-electron chi connectivity index (χ1n) is 11.0. The Morgan fingerprint density at radius 3 is 2.57 bits per heavy atom. The number of carbonyl (C=O) groups is 1. The van der Waals surface area contributed by atoms with Crippen LogP contribution in [0.5, 0.6) is 0 Å². The van der Waals surface area contributed by atoms with Gasteiger partial charge < -0.3 is 5.11 Å². The largest absolute Gasteiger partial charge is 0.481 e. The third-order valence-electron chi connectivity index (χ3n) is 6.36. The van der Waals surface area contributed by atoms with Crippen LogP contribution in [0.2, 0.25) is 0 Å². The van der Waals surface area contributed by atoms with Crippen LogP contribution in [0.25, 0.3) is 0 Å². The van der Waals surface area contributed by atoms with Gasteiger partial charge in [0.25, 0.3) is 0 Å². The van der Waals surface area contributed by atoms with E-state index < -0.39 is 5.97 Å². The Balaban J connectivity index is 1.92. The smallest absolute Gasteiger partial charge is 0.306 e. The molecule has 0 aromatic heterocycles. The molecule has 3 rings (SSSR count). The van der Waals surface area contributed by atoms with E-state index >= 15 is 0 Å². The Morgan fingerprint density at radius 2 is 1.90 bits per heavy atom. The molecular weight excluding hydrogens is 370 g/mol. The second-order valence-electron chi connectivity index (χ2n) is 8.51.